The van der Waals surface area contributed by atoms with Crippen LogP contribution in [0.15, 0.2) is 23.2 Å². The van der Waals surface area contributed by atoms with Crippen molar-refractivity contribution in [3.63, 3.8) is 0 Å². The number of hydrogen-bond donors (Lipinski definition) is 2. The van der Waals surface area contributed by atoms with Gasteiger partial charge in [0.25, 0.3) is 0 Å². The second-order valence-electron chi connectivity index (χ2n) is 7.90. The molecule has 8 heteroatoms. The minimum absolute atomic E-state index is 0. The fourth-order valence-electron chi connectivity index (χ4n) is 3.32. The van der Waals surface area contributed by atoms with Crippen molar-refractivity contribution in [3.05, 3.63) is 29.6 Å². The second kappa shape index (κ2) is 13.2. The average molecular weight is 521 g/mol. The molecule has 0 amide bonds. The van der Waals surface area contributed by atoms with E-state index in [1.807, 2.05) is 27.1 Å². The number of hydrogen-bond acceptors (Lipinski definition) is 4. The number of nitrogens with zero attached hydrogens (tertiary/aromatic N) is 3. The van der Waals surface area contributed by atoms with Gasteiger partial charge in [0.15, 0.2) is 5.96 Å². The summed E-state index contributed by atoms with van der Waals surface area (Å²) in [6.07, 6.45) is 0.146. The Kier molecular flexibility index (Phi) is 11.8. The van der Waals surface area contributed by atoms with Crippen LogP contribution in [0, 0.1) is 11.7 Å². The molecular formula is C21H37FIN5O. The van der Waals surface area contributed by atoms with Crippen molar-refractivity contribution >= 4 is 35.6 Å². The summed E-state index contributed by atoms with van der Waals surface area (Å²) in [5.41, 5.74) is 1.43. The zero-order valence-corrected chi connectivity index (χ0v) is 20.7. The van der Waals surface area contributed by atoms with E-state index in [0.717, 1.165) is 44.3 Å². The third-order valence-electron chi connectivity index (χ3n) is 4.60. The van der Waals surface area contributed by atoms with Crippen molar-refractivity contribution in [2.75, 3.05) is 58.3 Å². The lowest BCUT2D eigenvalue weighted by Gasteiger charge is -2.34. The summed E-state index contributed by atoms with van der Waals surface area (Å²) in [4.78, 5) is 8.82. The first kappa shape index (κ1) is 25.9. The average Bonchev–Trinajstić information content (AvgIpc) is 2.63. The van der Waals surface area contributed by atoms with E-state index in [4.69, 9.17) is 4.74 Å². The Balaban J connectivity index is 0.00000420. The molecule has 2 N–H and O–H groups in total. The Labute approximate surface area is 192 Å². The van der Waals surface area contributed by atoms with Crippen molar-refractivity contribution in [2.24, 2.45) is 10.9 Å². The molecule has 1 atom stereocenters. The van der Waals surface area contributed by atoms with Crippen LogP contribution < -0.4 is 15.5 Å². The van der Waals surface area contributed by atoms with Crippen molar-refractivity contribution in [2.45, 2.75) is 33.4 Å². The number of ether oxygens (including phenoxy) is 1. The topological polar surface area (TPSA) is 52.1 Å². The summed E-state index contributed by atoms with van der Waals surface area (Å²) in [5, 5.41) is 6.61. The maximum atomic E-state index is 14.1. The summed E-state index contributed by atoms with van der Waals surface area (Å²) in [5.74, 6) is 1.16. The minimum atomic E-state index is -0.225. The molecule has 29 heavy (non-hydrogen) atoms. The predicted octanol–water partition coefficient (Wildman–Crippen LogP) is 2.92. The normalized spacial score (nSPS) is 17.8. The lowest BCUT2D eigenvalue weighted by atomic mass is 10.2. The van der Waals surface area contributed by atoms with Gasteiger partial charge >= 0.3 is 0 Å². The number of guanidine groups is 1. The minimum Gasteiger partial charge on any atom is -0.375 e. The van der Waals surface area contributed by atoms with Crippen molar-refractivity contribution in [1.29, 1.82) is 0 Å². The smallest absolute Gasteiger partial charge is 0.191 e. The number of aliphatic imine (C=N–C) groups is 1. The van der Waals surface area contributed by atoms with Crippen LogP contribution in [0.4, 0.5) is 10.1 Å². The molecule has 1 aliphatic rings. The summed E-state index contributed by atoms with van der Waals surface area (Å²) in [6.45, 7) is 12.2. The fraction of sp³-hybridized carbons (Fsp3) is 0.667. The Morgan fingerprint density at radius 3 is 2.72 bits per heavy atom. The third kappa shape index (κ3) is 9.04. The highest BCUT2D eigenvalue weighted by Gasteiger charge is 2.21. The first-order chi connectivity index (χ1) is 13.4. The number of anilines is 1. The third-order valence-corrected chi connectivity index (χ3v) is 4.60. The lowest BCUT2D eigenvalue weighted by Crippen LogP contribution is -2.50. The van der Waals surface area contributed by atoms with Gasteiger partial charge in [-0.25, -0.2) is 9.38 Å². The van der Waals surface area contributed by atoms with Gasteiger partial charge in [0.1, 0.15) is 5.82 Å². The molecule has 166 valence electrons. The molecule has 1 heterocycles. The molecule has 1 aromatic carbocycles. The van der Waals surface area contributed by atoms with Crippen molar-refractivity contribution in [1.82, 2.24) is 15.5 Å². The molecule has 1 saturated heterocycles. The standard InChI is InChI=1S/C21H36FN5O.HI/c1-6-23-21(24-12-17-7-8-20(26(4)5)19(22)11-17)25-13-18-15-27(9-10-28-18)14-16(2)3;/h7-8,11,16,18H,6,9-10,12-15H2,1-5H3,(H2,23,24,25);1H. The number of morpholine rings is 1. The molecule has 0 aromatic heterocycles. The summed E-state index contributed by atoms with van der Waals surface area (Å²) in [6, 6.07) is 5.26. The largest absolute Gasteiger partial charge is 0.375 e. The fourth-order valence-corrected chi connectivity index (χ4v) is 3.32. The second-order valence-corrected chi connectivity index (χ2v) is 7.90. The zero-order valence-electron chi connectivity index (χ0n) is 18.4. The van der Waals surface area contributed by atoms with Crippen molar-refractivity contribution < 1.29 is 9.13 Å². The molecule has 0 bridgehead atoms. The van der Waals surface area contributed by atoms with Gasteiger partial charge in [-0.05, 0) is 30.5 Å². The molecule has 1 aliphatic heterocycles. The molecular weight excluding hydrogens is 484 g/mol. The first-order valence-corrected chi connectivity index (χ1v) is 10.2. The summed E-state index contributed by atoms with van der Waals surface area (Å²) in [7, 11) is 3.66. The molecule has 1 unspecified atom stereocenters. The van der Waals surface area contributed by atoms with Crippen LogP contribution in [-0.4, -0.2) is 70.4 Å². The Hall–Kier alpha value is -1.13. The van der Waals surface area contributed by atoms with Crippen LogP contribution in [0.3, 0.4) is 0 Å². The molecule has 2 rings (SSSR count). The van der Waals surface area contributed by atoms with E-state index in [2.05, 4.69) is 34.4 Å². The molecule has 1 aromatic rings. The van der Waals surface area contributed by atoms with Crippen LogP contribution in [0.5, 0.6) is 0 Å². The monoisotopic (exact) mass is 521 g/mol. The lowest BCUT2D eigenvalue weighted by molar-refractivity contribution is -0.0284. The van der Waals surface area contributed by atoms with Gasteiger partial charge in [0, 0.05) is 46.8 Å². The quantitative estimate of drug-likeness (QED) is 0.313. The van der Waals surface area contributed by atoms with Crippen LogP contribution in [0.25, 0.3) is 0 Å². The molecule has 0 saturated carbocycles. The highest BCUT2D eigenvalue weighted by Crippen LogP contribution is 2.18. The SMILES string of the molecule is CCNC(=NCc1ccc(N(C)C)c(F)c1)NCC1CN(CC(C)C)CCO1.I. The maximum Gasteiger partial charge on any atom is 0.191 e. The van der Waals surface area contributed by atoms with E-state index in [1.165, 1.54) is 0 Å². The Bertz CT molecular complexity index is 641. The highest BCUT2D eigenvalue weighted by molar-refractivity contribution is 14.0. The van der Waals surface area contributed by atoms with Crippen LogP contribution in [0.2, 0.25) is 0 Å². The van der Waals surface area contributed by atoms with Crippen molar-refractivity contribution in [3.8, 4) is 0 Å². The van der Waals surface area contributed by atoms with Crippen LogP contribution >= 0.6 is 24.0 Å². The van der Waals surface area contributed by atoms with Gasteiger partial charge in [-0.2, -0.15) is 0 Å². The number of nitrogens with one attached hydrogen (secondary N) is 2. The number of benzene rings is 1. The van der Waals surface area contributed by atoms with Crippen LogP contribution in [0.1, 0.15) is 26.3 Å². The van der Waals surface area contributed by atoms with Gasteiger partial charge in [0.05, 0.1) is 24.9 Å². The highest BCUT2D eigenvalue weighted by atomic mass is 127. The molecule has 0 radical (unpaired) electrons. The van der Waals surface area contributed by atoms with Gasteiger partial charge in [-0.15, -0.1) is 24.0 Å². The Morgan fingerprint density at radius 1 is 1.34 bits per heavy atom. The maximum absolute atomic E-state index is 14.1. The first-order valence-electron chi connectivity index (χ1n) is 10.2. The molecule has 1 fully saturated rings. The van der Waals surface area contributed by atoms with E-state index >= 15 is 0 Å². The van der Waals surface area contributed by atoms with Gasteiger partial charge in [0.2, 0.25) is 0 Å². The van der Waals surface area contributed by atoms with Gasteiger partial charge in [-0.1, -0.05) is 19.9 Å². The Morgan fingerprint density at radius 2 is 2.10 bits per heavy atom. The predicted molar refractivity (Wildman–Crippen MR) is 130 cm³/mol. The number of halogens is 2. The van der Waals surface area contributed by atoms with Crippen LogP contribution in [-0.2, 0) is 11.3 Å². The zero-order chi connectivity index (χ0) is 20.5. The molecule has 0 aliphatic carbocycles. The van der Waals surface area contributed by atoms with E-state index in [-0.39, 0.29) is 35.9 Å². The summed E-state index contributed by atoms with van der Waals surface area (Å²) < 4.78 is 20.0. The van der Waals surface area contributed by atoms with E-state index in [1.54, 1.807) is 17.0 Å². The van der Waals surface area contributed by atoms with E-state index in [0.29, 0.717) is 24.7 Å². The number of rotatable bonds is 8. The van der Waals surface area contributed by atoms with E-state index in [9.17, 15) is 4.39 Å². The van der Waals surface area contributed by atoms with E-state index < -0.39 is 0 Å². The molecule has 6 nitrogen and oxygen atoms in total. The molecule has 0 spiro atoms. The summed E-state index contributed by atoms with van der Waals surface area (Å²) >= 11 is 0. The van der Waals surface area contributed by atoms with Gasteiger partial charge in [-0.3, -0.25) is 4.90 Å². The van der Waals surface area contributed by atoms with Gasteiger partial charge < -0.3 is 20.3 Å².